The lowest BCUT2D eigenvalue weighted by atomic mass is 10.1. The summed E-state index contributed by atoms with van der Waals surface area (Å²) < 4.78 is 5.53. The molecule has 0 bridgehead atoms. The first-order chi connectivity index (χ1) is 7.02. The highest BCUT2D eigenvalue weighted by atomic mass is 79.9. The first-order valence-electron chi connectivity index (χ1n) is 5.58. The van der Waals surface area contributed by atoms with E-state index >= 15 is 0 Å². The van der Waals surface area contributed by atoms with E-state index in [1.54, 1.807) is 0 Å². The summed E-state index contributed by atoms with van der Waals surface area (Å²) in [4.78, 5) is 11.6. The van der Waals surface area contributed by atoms with E-state index in [-0.39, 0.29) is 22.9 Å². The topological polar surface area (TPSA) is 38.3 Å². The average Bonchev–Trinajstić information content (AvgIpc) is 2.68. The summed E-state index contributed by atoms with van der Waals surface area (Å²) in [5.74, 6) is 0.370. The number of alkyl halides is 1. The van der Waals surface area contributed by atoms with Gasteiger partial charge in [0.15, 0.2) is 0 Å². The van der Waals surface area contributed by atoms with E-state index in [1.807, 2.05) is 20.8 Å². The molecule has 1 fully saturated rings. The van der Waals surface area contributed by atoms with Gasteiger partial charge in [0, 0.05) is 6.61 Å². The molecule has 1 heterocycles. The average molecular weight is 278 g/mol. The van der Waals surface area contributed by atoms with Gasteiger partial charge in [-0.15, -0.1) is 0 Å². The van der Waals surface area contributed by atoms with Crippen molar-refractivity contribution in [3.63, 3.8) is 0 Å². The van der Waals surface area contributed by atoms with Gasteiger partial charge in [0.2, 0.25) is 5.91 Å². The number of carbonyl (C=O) groups excluding carboxylic acids is 1. The molecule has 0 aliphatic carbocycles. The van der Waals surface area contributed by atoms with Gasteiger partial charge in [0.25, 0.3) is 0 Å². The van der Waals surface area contributed by atoms with Crippen molar-refractivity contribution < 1.29 is 9.53 Å². The minimum Gasteiger partial charge on any atom is -0.376 e. The van der Waals surface area contributed by atoms with Crippen molar-refractivity contribution in [2.75, 3.05) is 6.61 Å². The van der Waals surface area contributed by atoms with Crippen molar-refractivity contribution in [3.05, 3.63) is 0 Å². The Bertz CT molecular complexity index is 215. The van der Waals surface area contributed by atoms with Gasteiger partial charge < -0.3 is 10.1 Å². The second-order valence-corrected chi connectivity index (χ2v) is 5.48. The molecule has 1 aliphatic rings. The van der Waals surface area contributed by atoms with Gasteiger partial charge in [0.05, 0.1) is 17.0 Å². The van der Waals surface area contributed by atoms with E-state index < -0.39 is 0 Å². The Morgan fingerprint density at radius 3 is 2.60 bits per heavy atom. The third-order valence-corrected chi connectivity index (χ3v) is 4.20. The molecular formula is C11H20BrNO2. The van der Waals surface area contributed by atoms with E-state index in [4.69, 9.17) is 4.74 Å². The van der Waals surface area contributed by atoms with Crippen LogP contribution in [0, 0.1) is 5.92 Å². The summed E-state index contributed by atoms with van der Waals surface area (Å²) in [6.45, 7) is 6.88. The molecule has 0 saturated carbocycles. The molecule has 0 spiro atoms. The largest absolute Gasteiger partial charge is 0.376 e. The van der Waals surface area contributed by atoms with Crippen LogP contribution >= 0.6 is 15.9 Å². The number of ether oxygens (including phenoxy) is 1. The highest BCUT2D eigenvalue weighted by Gasteiger charge is 2.26. The molecule has 0 aromatic carbocycles. The minimum atomic E-state index is -0.110. The standard InChI is InChI=1S/C11H20BrNO2/c1-7(2)10(12)11(14)13-8(3)9-5-4-6-15-9/h7-10H,4-6H2,1-3H3,(H,13,14). The predicted octanol–water partition coefficient (Wildman–Crippen LogP) is 2.09. The fraction of sp³-hybridized carbons (Fsp3) is 0.909. The van der Waals surface area contributed by atoms with Gasteiger partial charge >= 0.3 is 0 Å². The Kier molecular flexibility index (Phi) is 5.06. The van der Waals surface area contributed by atoms with E-state index in [0.29, 0.717) is 5.92 Å². The van der Waals surface area contributed by atoms with Crippen molar-refractivity contribution in [1.29, 1.82) is 0 Å². The highest BCUT2D eigenvalue weighted by molar-refractivity contribution is 9.10. The molecule has 3 nitrogen and oxygen atoms in total. The summed E-state index contributed by atoms with van der Waals surface area (Å²) in [6, 6.07) is 0.110. The number of hydrogen-bond donors (Lipinski definition) is 1. The summed E-state index contributed by atoms with van der Waals surface area (Å²) >= 11 is 3.39. The Labute approximate surface area is 100 Å². The van der Waals surface area contributed by atoms with E-state index in [2.05, 4.69) is 21.2 Å². The van der Waals surface area contributed by atoms with Gasteiger partial charge in [-0.1, -0.05) is 29.8 Å². The van der Waals surface area contributed by atoms with E-state index in [0.717, 1.165) is 19.4 Å². The fourth-order valence-corrected chi connectivity index (χ4v) is 1.83. The minimum absolute atomic E-state index is 0.0630. The lowest BCUT2D eigenvalue weighted by molar-refractivity contribution is -0.122. The van der Waals surface area contributed by atoms with Crippen LogP contribution in [0.3, 0.4) is 0 Å². The van der Waals surface area contributed by atoms with Crippen LogP contribution in [-0.2, 0) is 9.53 Å². The third kappa shape index (κ3) is 3.76. The van der Waals surface area contributed by atoms with E-state index in [1.165, 1.54) is 0 Å². The Morgan fingerprint density at radius 1 is 1.47 bits per heavy atom. The van der Waals surface area contributed by atoms with Gasteiger partial charge in [-0.2, -0.15) is 0 Å². The van der Waals surface area contributed by atoms with E-state index in [9.17, 15) is 4.79 Å². The first-order valence-corrected chi connectivity index (χ1v) is 6.50. The third-order valence-electron chi connectivity index (χ3n) is 2.73. The zero-order valence-electron chi connectivity index (χ0n) is 9.63. The molecule has 1 aliphatic heterocycles. The van der Waals surface area contributed by atoms with Crippen molar-refractivity contribution in [2.24, 2.45) is 5.92 Å². The summed E-state index contributed by atoms with van der Waals surface area (Å²) in [5, 5.41) is 2.99. The van der Waals surface area contributed by atoms with Crippen LogP contribution in [0.4, 0.5) is 0 Å². The van der Waals surface area contributed by atoms with Gasteiger partial charge in [-0.3, -0.25) is 4.79 Å². The van der Waals surface area contributed by atoms with Gasteiger partial charge in [-0.25, -0.2) is 0 Å². The molecule has 0 aromatic heterocycles. The Morgan fingerprint density at radius 2 is 2.13 bits per heavy atom. The normalized spacial score (nSPS) is 25.3. The zero-order chi connectivity index (χ0) is 11.4. The molecule has 0 radical (unpaired) electrons. The number of hydrogen-bond acceptors (Lipinski definition) is 2. The molecule has 1 N–H and O–H groups in total. The molecule has 3 atom stereocenters. The van der Waals surface area contributed by atoms with Crippen LogP contribution in [0.2, 0.25) is 0 Å². The van der Waals surface area contributed by atoms with Gasteiger partial charge in [0.1, 0.15) is 0 Å². The molecule has 3 unspecified atom stereocenters. The predicted molar refractivity (Wildman–Crippen MR) is 64.1 cm³/mol. The maximum absolute atomic E-state index is 11.7. The molecule has 1 rings (SSSR count). The monoisotopic (exact) mass is 277 g/mol. The summed E-state index contributed by atoms with van der Waals surface area (Å²) in [5.41, 5.74) is 0. The van der Waals surface area contributed by atoms with Crippen molar-refractivity contribution >= 4 is 21.8 Å². The number of halogens is 1. The summed E-state index contributed by atoms with van der Waals surface area (Å²) in [6.07, 6.45) is 2.35. The quantitative estimate of drug-likeness (QED) is 0.800. The number of nitrogens with one attached hydrogen (secondary N) is 1. The molecular weight excluding hydrogens is 258 g/mol. The van der Waals surface area contributed by atoms with Crippen molar-refractivity contribution in [3.8, 4) is 0 Å². The smallest absolute Gasteiger partial charge is 0.234 e. The lowest BCUT2D eigenvalue weighted by Crippen LogP contribution is -2.45. The summed E-state index contributed by atoms with van der Waals surface area (Å²) in [7, 11) is 0. The van der Waals surface area contributed by atoms with Crippen LogP contribution in [0.25, 0.3) is 0 Å². The lowest BCUT2D eigenvalue weighted by Gasteiger charge is -2.22. The van der Waals surface area contributed by atoms with Crippen LogP contribution in [0.5, 0.6) is 0 Å². The molecule has 1 amide bonds. The van der Waals surface area contributed by atoms with Crippen LogP contribution in [0.15, 0.2) is 0 Å². The fourth-order valence-electron chi connectivity index (χ4n) is 1.70. The zero-order valence-corrected chi connectivity index (χ0v) is 11.2. The highest BCUT2D eigenvalue weighted by Crippen LogP contribution is 2.17. The number of amides is 1. The van der Waals surface area contributed by atoms with Crippen LogP contribution < -0.4 is 5.32 Å². The second kappa shape index (κ2) is 5.85. The molecule has 15 heavy (non-hydrogen) atoms. The maximum Gasteiger partial charge on any atom is 0.234 e. The molecule has 0 aromatic rings. The molecule has 1 saturated heterocycles. The van der Waals surface area contributed by atoms with Gasteiger partial charge in [-0.05, 0) is 25.7 Å². The SMILES string of the molecule is CC(C)C(Br)C(=O)NC(C)C1CCCO1. The first kappa shape index (κ1) is 13.0. The van der Waals surface area contributed by atoms with Crippen LogP contribution in [0.1, 0.15) is 33.6 Å². The van der Waals surface area contributed by atoms with Crippen molar-refractivity contribution in [2.45, 2.75) is 50.6 Å². The molecule has 88 valence electrons. The number of rotatable bonds is 4. The Balaban J connectivity index is 2.36. The number of carbonyl (C=O) groups is 1. The molecule has 4 heteroatoms. The van der Waals surface area contributed by atoms with Crippen LogP contribution in [-0.4, -0.2) is 29.5 Å². The second-order valence-electron chi connectivity index (χ2n) is 4.49. The van der Waals surface area contributed by atoms with Crippen molar-refractivity contribution in [1.82, 2.24) is 5.32 Å². The maximum atomic E-state index is 11.7. The Hall–Kier alpha value is -0.0900.